The van der Waals surface area contributed by atoms with Crippen molar-refractivity contribution in [1.82, 2.24) is 0 Å². The molecule has 2 aliphatic heterocycles. The molecular weight excluding hydrogens is 257 g/mol. The molecule has 102 valence electrons. The molecule has 19 heavy (non-hydrogen) atoms. The summed E-state index contributed by atoms with van der Waals surface area (Å²) in [5.41, 5.74) is -0.356. The molecule has 2 nitrogen and oxygen atoms in total. The third kappa shape index (κ3) is 2.16. The third-order valence-corrected chi connectivity index (χ3v) is 3.96. The molecule has 5 heteroatoms. The summed E-state index contributed by atoms with van der Waals surface area (Å²) in [7, 11) is 0. The molecule has 0 spiro atoms. The predicted molar refractivity (Wildman–Crippen MR) is 61.3 cm³/mol. The van der Waals surface area contributed by atoms with E-state index in [1.54, 1.807) is 0 Å². The first-order valence-electron chi connectivity index (χ1n) is 6.39. The minimum atomic E-state index is -1.58. The van der Waals surface area contributed by atoms with Gasteiger partial charge in [-0.15, -0.1) is 0 Å². The highest BCUT2D eigenvalue weighted by Gasteiger charge is 2.39. The van der Waals surface area contributed by atoms with Gasteiger partial charge in [-0.3, -0.25) is 4.79 Å². The van der Waals surface area contributed by atoms with E-state index in [0.29, 0.717) is 12.8 Å². The lowest BCUT2D eigenvalue weighted by molar-refractivity contribution is -0.0150. The minimum Gasteiger partial charge on any atom is -0.375 e. The van der Waals surface area contributed by atoms with Crippen molar-refractivity contribution in [3.63, 3.8) is 0 Å². The minimum absolute atomic E-state index is 0.0426. The summed E-state index contributed by atoms with van der Waals surface area (Å²) >= 11 is 0. The van der Waals surface area contributed by atoms with Crippen LogP contribution in [-0.4, -0.2) is 18.0 Å². The van der Waals surface area contributed by atoms with Crippen molar-refractivity contribution in [2.24, 2.45) is 5.92 Å². The average Bonchev–Trinajstić information content (AvgIpc) is 2.74. The Labute approximate surface area is 108 Å². The molecular formula is C14H13F3O2. The van der Waals surface area contributed by atoms with E-state index >= 15 is 0 Å². The Morgan fingerprint density at radius 1 is 1.05 bits per heavy atom. The number of benzene rings is 1. The highest BCUT2D eigenvalue weighted by molar-refractivity contribution is 5.98. The number of hydrogen-bond acceptors (Lipinski definition) is 2. The number of carbonyl (C=O) groups is 1. The van der Waals surface area contributed by atoms with Crippen LogP contribution in [0.1, 0.15) is 36.0 Å². The Morgan fingerprint density at radius 2 is 1.68 bits per heavy atom. The number of hydrogen-bond donors (Lipinski definition) is 0. The monoisotopic (exact) mass is 270 g/mol. The van der Waals surface area contributed by atoms with Crippen LogP contribution in [0.25, 0.3) is 0 Å². The number of halogens is 3. The van der Waals surface area contributed by atoms with Crippen molar-refractivity contribution in [1.29, 1.82) is 0 Å². The summed E-state index contributed by atoms with van der Waals surface area (Å²) in [6.07, 6.45) is 2.98. The fourth-order valence-electron chi connectivity index (χ4n) is 3.01. The number of fused-ring (bicyclic) bond motifs is 2. The zero-order chi connectivity index (χ0) is 13.6. The van der Waals surface area contributed by atoms with Gasteiger partial charge in [-0.05, 0) is 37.8 Å². The second-order valence-electron chi connectivity index (χ2n) is 5.21. The van der Waals surface area contributed by atoms with Gasteiger partial charge in [-0.25, -0.2) is 13.2 Å². The molecule has 2 unspecified atom stereocenters. The fraction of sp³-hybridized carbons (Fsp3) is 0.500. The molecule has 0 aromatic heterocycles. The molecule has 0 amide bonds. The molecule has 2 bridgehead atoms. The summed E-state index contributed by atoms with van der Waals surface area (Å²) in [5, 5.41) is 0. The molecule has 0 saturated carbocycles. The Balaban J connectivity index is 1.86. The SMILES string of the molecule is O=C(c1ccc(F)c(F)c1F)C1CC2CCC(C1)O2. The van der Waals surface area contributed by atoms with Gasteiger partial charge >= 0.3 is 0 Å². The number of ether oxygens (including phenoxy) is 1. The summed E-state index contributed by atoms with van der Waals surface area (Å²) in [5.74, 6) is -5.05. The maximum absolute atomic E-state index is 13.6. The molecule has 1 aromatic rings. The van der Waals surface area contributed by atoms with Gasteiger partial charge in [0.15, 0.2) is 23.2 Å². The summed E-state index contributed by atoms with van der Waals surface area (Å²) in [6.45, 7) is 0. The Hall–Kier alpha value is -1.36. The molecule has 2 fully saturated rings. The smallest absolute Gasteiger partial charge is 0.195 e. The summed E-state index contributed by atoms with van der Waals surface area (Å²) in [6, 6.07) is 1.81. The Kier molecular flexibility index (Phi) is 3.09. The lowest BCUT2D eigenvalue weighted by atomic mass is 9.88. The van der Waals surface area contributed by atoms with Gasteiger partial charge in [-0.2, -0.15) is 0 Å². The van der Waals surface area contributed by atoms with Gasteiger partial charge in [0, 0.05) is 5.92 Å². The van der Waals surface area contributed by atoms with E-state index in [2.05, 4.69) is 0 Å². The van der Waals surface area contributed by atoms with E-state index < -0.39 is 23.2 Å². The Morgan fingerprint density at radius 3 is 2.32 bits per heavy atom. The zero-order valence-corrected chi connectivity index (χ0v) is 10.2. The van der Waals surface area contributed by atoms with Crippen molar-refractivity contribution >= 4 is 5.78 Å². The first-order valence-corrected chi connectivity index (χ1v) is 6.39. The lowest BCUT2D eigenvalue weighted by Crippen LogP contribution is -2.30. The molecule has 3 rings (SSSR count). The molecule has 0 radical (unpaired) electrons. The van der Waals surface area contributed by atoms with Crippen molar-refractivity contribution in [3.8, 4) is 0 Å². The highest BCUT2D eigenvalue weighted by Crippen LogP contribution is 2.37. The van der Waals surface area contributed by atoms with Crippen LogP contribution >= 0.6 is 0 Å². The molecule has 2 atom stereocenters. The van der Waals surface area contributed by atoms with E-state index in [4.69, 9.17) is 4.74 Å². The predicted octanol–water partition coefficient (Wildman–Crippen LogP) is 3.24. The second-order valence-corrected chi connectivity index (χ2v) is 5.21. The first kappa shape index (κ1) is 12.7. The fourth-order valence-corrected chi connectivity index (χ4v) is 3.01. The van der Waals surface area contributed by atoms with Gasteiger partial charge in [-0.1, -0.05) is 0 Å². The van der Waals surface area contributed by atoms with Crippen LogP contribution in [0.3, 0.4) is 0 Å². The van der Waals surface area contributed by atoms with Crippen LogP contribution in [-0.2, 0) is 4.74 Å². The van der Waals surface area contributed by atoms with Gasteiger partial charge in [0.2, 0.25) is 0 Å². The van der Waals surface area contributed by atoms with Crippen molar-refractivity contribution in [3.05, 3.63) is 35.1 Å². The topological polar surface area (TPSA) is 26.3 Å². The maximum atomic E-state index is 13.6. The molecule has 0 N–H and O–H groups in total. The highest BCUT2D eigenvalue weighted by atomic mass is 19.2. The molecule has 2 aliphatic rings. The standard InChI is InChI=1S/C14H13F3O2/c15-11-4-3-10(12(16)13(11)17)14(18)7-5-8-1-2-9(6-7)19-8/h3-4,7-9H,1-2,5-6H2. The van der Waals surface area contributed by atoms with Crippen LogP contribution in [0.4, 0.5) is 13.2 Å². The largest absolute Gasteiger partial charge is 0.375 e. The van der Waals surface area contributed by atoms with Crippen LogP contribution in [0.5, 0.6) is 0 Å². The van der Waals surface area contributed by atoms with Crippen molar-refractivity contribution in [2.75, 3.05) is 0 Å². The first-order chi connectivity index (χ1) is 9.06. The molecule has 1 aromatic carbocycles. The van der Waals surface area contributed by atoms with Gasteiger partial charge < -0.3 is 4.74 Å². The average molecular weight is 270 g/mol. The van der Waals surface area contributed by atoms with E-state index in [0.717, 1.165) is 25.0 Å². The normalized spacial score (nSPS) is 29.5. The number of ketones is 1. The number of Topliss-reactive ketones (excluding diaryl/α,β-unsaturated/α-hetero) is 1. The van der Waals surface area contributed by atoms with E-state index in [1.165, 1.54) is 0 Å². The zero-order valence-electron chi connectivity index (χ0n) is 10.2. The van der Waals surface area contributed by atoms with Crippen LogP contribution in [0.2, 0.25) is 0 Å². The summed E-state index contributed by atoms with van der Waals surface area (Å²) < 4.78 is 45.2. The van der Waals surface area contributed by atoms with Gasteiger partial charge in [0.05, 0.1) is 17.8 Å². The Bertz CT molecular complexity index is 518. The molecule has 0 aliphatic carbocycles. The maximum Gasteiger partial charge on any atom is 0.195 e. The van der Waals surface area contributed by atoms with Crippen molar-refractivity contribution in [2.45, 2.75) is 37.9 Å². The lowest BCUT2D eigenvalue weighted by Gasteiger charge is -2.27. The van der Waals surface area contributed by atoms with Crippen molar-refractivity contribution < 1.29 is 22.7 Å². The number of rotatable bonds is 2. The quantitative estimate of drug-likeness (QED) is 0.609. The second kappa shape index (κ2) is 4.63. The van der Waals surface area contributed by atoms with E-state index in [9.17, 15) is 18.0 Å². The van der Waals surface area contributed by atoms with Crippen LogP contribution in [0.15, 0.2) is 12.1 Å². The van der Waals surface area contributed by atoms with Gasteiger partial charge in [0.1, 0.15) is 0 Å². The van der Waals surface area contributed by atoms with E-state index in [-0.39, 0.29) is 23.7 Å². The molecule has 2 saturated heterocycles. The van der Waals surface area contributed by atoms with Crippen LogP contribution in [0, 0.1) is 23.4 Å². The third-order valence-electron chi connectivity index (χ3n) is 3.96. The van der Waals surface area contributed by atoms with Crippen LogP contribution < -0.4 is 0 Å². The number of carbonyl (C=O) groups excluding carboxylic acids is 1. The molecule has 2 heterocycles. The van der Waals surface area contributed by atoms with Gasteiger partial charge in [0.25, 0.3) is 0 Å². The van der Waals surface area contributed by atoms with E-state index in [1.807, 2.05) is 0 Å². The summed E-state index contributed by atoms with van der Waals surface area (Å²) in [4.78, 5) is 12.2.